The number of primary sulfonamides is 1. The highest BCUT2D eigenvalue weighted by Crippen LogP contribution is 2.33. The first-order valence-electron chi connectivity index (χ1n) is 6.02. The Labute approximate surface area is 120 Å². The van der Waals surface area contributed by atoms with Gasteiger partial charge in [0.2, 0.25) is 15.9 Å². The van der Waals surface area contributed by atoms with Crippen LogP contribution in [0.2, 0.25) is 0 Å². The van der Waals surface area contributed by atoms with Gasteiger partial charge in [-0.3, -0.25) is 14.9 Å². The smallest absolute Gasteiger partial charge is 0.271 e. The summed E-state index contributed by atoms with van der Waals surface area (Å²) in [7, 11) is -3.69. The Balaban J connectivity index is 2.28. The number of nitro benzene ring substituents is 1. The molecule has 21 heavy (non-hydrogen) atoms. The van der Waals surface area contributed by atoms with Gasteiger partial charge >= 0.3 is 0 Å². The lowest BCUT2D eigenvalue weighted by Crippen LogP contribution is -2.28. The number of carbonyl (C=O) groups is 1. The molecule has 1 atom stereocenters. The Morgan fingerprint density at radius 1 is 1.43 bits per heavy atom. The second-order valence-electron chi connectivity index (χ2n) is 4.90. The molecule has 0 radical (unpaired) electrons. The van der Waals surface area contributed by atoms with Crippen molar-refractivity contribution in [1.82, 2.24) is 0 Å². The second kappa shape index (κ2) is 5.30. The van der Waals surface area contributed by atoms with Gasteiger partial charge in [0.15, 0.2) is 0 Å². The number of carbonyl (C=O) groups excluding carboxylic acids is 1. The summed E-state index contributed by atoms with van der Waals surface area (Å²) in [5.74, 6) is -1.11. The van der Waals surface area contributed by atoms with Crippen LogP contribution in [0, 0.1) is 16.0 Å². The summed E-state index contributed by atoms with van der Waals surface area (Å²) in [4.78, 5) is 23.4. The zero-order valence-electron chi connectivity index (χ0n) is 10.9. The van der Waals surface area contributed by atoms with Gasteiger partial charge in [-0.05, 0) is 6.07 Å². The van der Waals surface area contributed by atoms with Crippen LogP contribution in [0.25, 0.3) is 0 Å². The molecule has 4 N–H and O–H groups in total. The largest absolute Gasteiger partial charge is 0.397 e. The molecule has 1 aliphatic rings. The summed E-state index contributed by atoms with van der Waals surface area (Å²) < 4.78 is 22.2. The average molecular weight is 314 g/mol. The first-order valence-corrected chi connectivity index (χ1v) is 7.73. The summed E-state index contributed by atoms with van der Waals surface area (Å²) in [6.45, 7) is 0.112. The molecule has 0 aliphatic carbocycles. The van der Waals surface area contributed by atoms with E-state index < -0.39 is 20.9 Å². The second-order valence-corrected chi connectivity index (χ2v) is 6.56. The summed E-state index contributed by atoms with van der Waals surface area (Å²) in [6.07, 6.45) is 0.0125. The van der Waals surface area contributed by atoms with E-state index in [-0.39, 0.29) is 41.7 Å². The van der Waals surface area contributed by atoms with E-state index in [9.17, 15) is 23.3 Å². The van der Waals surface area contributed by atoms with Crippen molar-refractivity contribution in [2.75, 3.05) is 22.9 Å². The highest BCUT2D eigenvalue weighted by atomic mass is 32.2. The van der Waals surface area contributed by atoms with E-state index >= 15 is 0 Å². The number of sulfonamides is 1. The standard InChI is InChI=1S/C11H14N4O5S/c12-9-2-1-8(15(17)18)4-10(9)14-5-7(3-11(14)16)6-21(13,19)20/h1-2,4,7H,3,5-6,12H2,(H2,13,19,20). The molecular weight excluding hydrogens is 300 g/mol. The number of non-ortho nitro benzene ring substituents is 1. The minimum Gasteiger partial charge on any atom is -0.397 e. The number of anilines is 2. The minimum absolute atomic E-state index is 0.0125. The molecule has 10 heteroatoms. The van der Waals surface area contributed by atoms with Gasteiger partial charge in [-0.1, -0.05) is 0 Å². The molecule has 1 saturated heterocycles. The van der Waals surface area contributed by atoms with E-state index in [0.717, 1.165) is 0 Å². The van der Waals surface area contributed by atoms with Crippen molar-refractivity contribution >= 4 is 33.0 Å². The molecule has 1 fully saturated rings. The van der Waals surface area contributed by atoms with Gasteiger partial charge in [-0.25, -0.2) is 13.6 Å². The van der Waals surface area contributed by atoms with E-state index in [1.807, 2.05) is 0 Å². The molecule has 0 aromatic heterocycles. The highest BCUT2D eigenvalue weighted by Gasteiger charge is 2.34. The Hall–Kier alpha value is -2.20. The van der Waals surface area contributed by atoms with Gasteiger partial charge in [0, 0.05) is 31.0 Å². The number of hydrogen-bond donors (Lipinski definition) is 2. The van der Waals surface area contributed by atoms with Gasteiger partial charge in [0.1, 0.15) is 0 Å². The quantitative estimate of drug-likeness (QED) is 0.447. The summed E-state index contributed by atoms with van der Waals surface area (Å²) in [5, 5.41) is 15.7. The Kier molecular flexibility index (Phi) is 3.83. The van der Waals surface area contributed by atoms with Crippen LogP contribution in [0.3, 0.4) is 0 Å². The maximum absolute atomic E-state index is 12.0. The molecule has 1 heterocycles. The monoisotopic (exact) mass is 314 g/mol. The maximum atomic E-state index is 12.0. The van der Waals surface area contributed by atoms with Gasteiger partial charge in [-0.15, -0.1) is 0 Å². The molecule has 1 amide bonds. The van der Waals surface area contributed by atoms with Crippen LogP contribution in [0.15, 0.2) is 18.2 Å². The van der Waals surface area contributed by atoms with Crippen molar-refractivity contribution in [3.8, 4) is 0 Å². The fourth-order valence-electron chi connectivity index (χ4n) is 2.33. The van der Waals surface area contributed by atoms with Gasteiger partial charge in [-0.2, -0.15) is 0 Å². The number of nitrogen functional groups attached to an aromatic ring is 1. The average Bonchev–Trinajstić information content (AvgIpc) is 2.67. The van der Waals surface area contributed by atoms with Crippen LogP contribution in [0.5, 0.6) is 0 Å². The minimum atomic E-state index is -3.69. The molecule has 1 unspecified atom stereocenters. The van der Waals surface area contributed by atoms with Crippen molar-refractivity contribution in [2.24, 2.45) is 11.1 Å². The molecule has 0 saturated carbocycles. The topological polar surface area (TPSA) is 150 Å². The predicted octanol–water partition coefficient (Wildman–Crippen LogP) is -0.182. The van der Waals surface area contributed by atoms with E-state index in [1.165, 1.54) is 23.1 Å². The molecule has 1 aliphatic heterocycles. The Morgan fingerprint density at radius 2 is 2.10 bits per heavy atom. The zero-order valence-corrected chi connectivity index (χ0v) is 11.7. The third-order valence-corrected chi connectivity index (χ3v) is 4.12. The first-order chi connectivity index (χ1) is 9.67. The van der Waals surface area contributed by atoms with Crippen molar-refractivity contribution in [3.63, 3.8) is 0 Å². The molecule has 0 bridgehead atoms. The van der Waals surface area contributed by atoms with E-state index in [2.05, 4.69) is 0 Å². The SMILES string of the molecule is Nc1ccc([N+](=O)[O-])cc1N1CC(CS(N)(=O)=O)CC1=O. The molecule has 9 nitrogen and oxygen atoms in total. The molecular formula is C11H14N4O5S. The molecule has 1 aromatic rings. The van der Waals surface area contributed by atoms with E-state index in [4.69, 9.17) is 10.9 Å². The van der Waals surface area contributed by atoms with Crippen LogP contribution in [-0.4, -0.2) is 31.5 Å². The number of benzene rings is 1. The van der Waals surface area contributed by atoms with E-state index in [1.54, 1.807) is 0 Å². The normalized spacial score (nSPS) is 19.0. The lowest BCUT2D eigenvalue weighted by atomic mass is 10.1. The third-order valence-electron chi connectivity index (χ3n) is 3.19. The van der Waals surface area contributed by atoms with Crippen molar-refractivity contribution in [3.05, 3.63) is 28.3 Å². The zero-order chi connectivity index (χ0) is 15.8. The van der Waals surface area contributed by atoms with Crippen LogP contribution < -0.4 is 15.8 Å². The Bertz CT molecular complexity index is 703. The van der Waals surface area contributed by atoms with Crippen molar-refractivity contribution < 1.29 is 18.1 Å². The van der Waals surface area contributed by atoms with Crippen molar-refractivity contribution in [1.29, 1.82) is 0 Å². The van der Waals surface area contributed by atoms with Crippen LogP contribution in [-0.2, 0) is 14.8 Å². The molecule has 114 valence electrons. The van der Waals surface area contributed by atoms with Crippen molar-refractivity contribution in [2.45, 2.75) is 6.42 Å². The predicted molar refractivity (Wildman–Crippen MR) is 75.9 cm³/mol. The lowest BCUT2D eigenvalue weighted by Gasteiger charge is -2.18. The number of nitro groups is 1. The van der Waals surface area contributed by atoms with Gasteiger partial charge < -0.3 is 10.6 Å². The number of hydrogen-bond acceptors (Lipinski definition) is 6. The third kappa shape index (κ3) is 3.47. The number of rotatable bonds is 4. The molecule has 2 rings (SSSR count). The highest BCUT2D eigenvalue weighted by molar-refractivity contribution is 7.89. The van der Waals surface area contributed by atoms with Gasteiger partial charge in [0.05, 0.1) is 22.1 Å². The van der Waals surface area contributed by atoms with E-state index in [0.29, 0.717) is 0 Å². The van der Waals surface area contributed by atoms with Crippen LogP contribution >= 0.6 is 0 Å². The summed E-state index contributed by atoms with van der Waals surface area (Å²) in [6, 6.07) is 3.78. The number of amides is 1. The van der Waals surface area contributed by atoms with Crippen LogP contribution in [0.1, 0.15) is 6.42 Å². The molecule has 1 aromatic carbocycles. The maximum Gasteiger partial charge on any atom is 0.271 e. The Morgan fingerprint density at radius 3 is 2.67 bits per heavy atom. The summed E-state index contributed by atoms with van der Waals surface area (Å²) >= 11 is 0. The van der Waals surface area contributed by atoms with Gasteiger partial charge in [0.25, 0.3) is 5.69 Å². The number of nitrogens with zero attached hydrogens (tertiary/aromatic N) is 2. The lowest BCUT2D eigenvalue weighted by molar-refractivity contribution is -0.384. The summed E-state index contributed by atoms with van der Waals surface area (Å²) in [5.41, 5.74) is 5.98. The number of nitrogens with two attached hydrogens (primary N) is 2. The fraction of sp³-hybridized carbons (Fsp3) is 0.364. The first kappa shape index (κ1) is 15.2. The fourth-order valence-corrected chi connectivity index (χ4v) is 3.21. The van der Waals surface area contributed by atoms with Crippen LogP contribution in [0.4, 0.5) is 17.1 Å². The molecule has 0 spiro atoms.